The average Bonchev–Trinajstić information content (AvgIpc) is 2.25. The van der Waals surface area contributed by atoms with E-state index in [9.17, 15) is 0 Å². The number of hydrogen-bond donors (Lipinski definition) is 0. The fraction of sp³-hybridized carbons (Fsp3) is 0.429. The van der Waals surface area contributed by atoms with Gasteiger partial charge in [0.2, 0.25) is 0 Å². The molecule has 0 saturated heterocycles. The van der Waals surface area contributed by atoms with Crippen molar-refractivity contribution in [2.75, 3.05) is 0 Å². The first-order valence-corrected chi connectivity index (χ1v) is 5.37. The van der Waals surface area contributed by atoms with Gasteiger partial charge in [0.25, 0.3) is 0 Å². The molecule has 0 radical (unpaired) electrons. The third-order valence-electron chi connectivity index (χ3n) is 2.47. The summed E-state index contributed by atoms with van der Waals surface area (Å²) < 4.78 is 0. The van der Waals surface area contributed by atoms with Gasteiger partial charge in [-0.25, -0.2) is 0 Å². The molecule has 1 aromatic rings. The lowest BCUT2D eigenvalue weighted by Crippen LogP contribution is -1.89. The van der Waals surface area contributed by atoms with E-state index in [4.69, 9.17) is 0 Å². The highest BCUT2D eigenvalue weighted by Crippen LogP contribution is 2.08. The number of hydrogen-bond acceptors (Lipinski definition) is 0. The second-order valence-corrected chi connectivity index (χ2v) is 3.72. The molecule has 1 rings (SSSR count). The maximum absolute atomic E-state index is 3.22. The van der Waals surface area contributed by atoms with Gasteiger partial charge < -0.3 is 0 Å². The molecule has 0 N–H and O–H groups in total. The van der Waals surface area contributed by atoms with E-state index in [1.807, 2.05) is 18.2 Å². The van der Waals surface area contributed by atoms with Crippen LogP contribution in [0.1, 0.15) is 38.7 Å². The maximum atomic E-state index is 3.22. The summed E-state index contributed by atoms with van der Waals surface area (Å²) in [5, 5.41) is 0. The number of rotatable bonds is 3. The molecular weight excluding hydrogens is 168 g/mol. The van der Waals surface area contributed by atoms with E-state index >= 15 is 0 Å². The Labute approximate surface area is 87.4 Å². The van der Waals surface area contributed by atoms with Gasteiger partial charge in [-0.3, -0.25) is 0 Å². The molecule has 0 aromatic heterocycles. The summed E-state index contributed by atoms with van der Waals surface area (Å²) in [6, 6.07) is 10.2. The largest absolute Gasteiger partial charge is 0.0979 e. The van der Waals surface area contributed by atoms with Gasteiger partial charge in [0.1, 0.15) is 0 Å². The molecule has 0 aliphatic carbocycles. The van der Waals surface area contributed by atoms with Crippen LogP contribution in [0.3, 0.4) is 0 Å². The molecule has 0 aliphatic heterocycles. The van der Waals surface area contributed by atoms with Crippen LogP contribution in [0, 0.1) is 17.8 Å². The highest BCUT2D eigenvalue weighted by Gasteiger charge is 1.94. The predicted molar refractivity (Wildman–Crippen MR) is 62.0 cm³/mol. The maximum Gasteiger partial charge on any atom is 0.0245 e. The van der Waals surface area contributed by atoms with Crippen molar-refractivity contribution in [2.45, 2.75) is 33.1 Å². The van der Waals surface area contributed by atoms with Gasteiger partial charge in [-0.15, -0.1) is 0 Å². The first-order chi connectivity index (χ1) is 6.83. The Morgan fingerprint density at radius 3 is 2.57 bits per heavy atom. The molecule has 0 heterocycles. The average molecular weight is 186 g/mol. The van der Waals surface area contributed by atoms with Crippen LogP contribution in [0.2, 0.25) is 0 Å². The molecule has 0 saturated carbocycles. The fourth-order valence-corrected chi connectivity index (χ4v) is 1.21. The Balaban J connectivity index is 2.34. The molecule has 74 valence electrons. The Morgan fingerprint density at radius 1 is 1.21 bits per heavy atom. The molecule has 1 atom stereocenters. The van der Waals surface area contributed by atoms with E-state index in [1.54, 1.807) is 0 Å². The van der Waals surface area contributed by atoms with Gasteiger partial charge in [-0.2, -0.15) is 0 Å². The minimum atomic E-state index is 0.806. The molecular formula is C14H18. The van der Waals surface area contributed by atoms with Crippen LogP contribution >= 0.6 is 0 Å². The topological polar surface area (TPSA) is 0 Å². The first kappa shape index (κ1) is 10.9. The van der Waals surface area contributed by atoms with Gasteiger partial charge in [0, 0.05) is 12.0 Å². The van der Waals surface area contributed by atoms with Crippen molar-refractivity contribution in [3.63, 3.8) is 0 Å². The number of benzene rings is 1. The molecule has 0 amide bonds. The third kappa shape index (κ3) is 4.14. The van der Waals surface area contributed by atoms with Crippen LogP contribution in [-0.4, -0.2) is 0 Å². The van der Waals surface area contributed by atoms with Crippen LogP contribution < -0.4 is 0 Å². The molecule has 0 aliphatic rings. The molecule has 0 heteroatoms. The van der Waals surface area contributed by atoms with Crippen molar-refractivity contribution < 1.29 is 0 Å². The predicted octanol–water partition coefficient (Wildman–Crippen LogP) is 3.86. The van der Waals surface area contributed by atoms with Crippen LogP contribution in [0.5, 0.6) is 0 Å². The standard InChI is InChI=1S/C14H18/c1-3-13(2)9-7-8-12-14-10-5-4-6-11-14/h4-6,10-11,13H,3,7,9H2,1-2H3. The normalized spacial score (nSPS) is 11.6. The minimum Gasteiger partial charge on any atom is -0.0979 e. The second kappa shape index (κ2) is 6.27. The van der Waals surface area contributed by atoms with E-state index < -0.39 is 0 Å². The van der Waals surface area contributed by atoms with Gasteiger partial charge in [-0.05, 0) is 24.5 Å². The molecule has 1 aromatic carbocycles. The van der Waals surface area contributed by atoms with Crippen LogP contribution in [-0.2, 0) is 0 Å². The van der Waals surface area contributed by atoms with Crippen molar-refractivity contribution in [1.29, 1.82) is 0 Å². The fourth-order valence-electron chi connectivity index (χ4n) is 1.21. The third-order valence-corrected chi connectivity index (χ3v) is 2.47. The Bertz CT molecular complexity index is 300. The zero-order chi connectivity index (χ0) is 10.2. The molecule has 1 unspecified atom stereocenters. The molecule has 14 heavy (non-hydrogen) atoms. The lowest BCUT2D eigenvalue weighted by Gasteiger charge is -2.02. The van der Waals surface area contributed by atoms with E-state index in [0.29, 0.717) is 0 Å². The van der Waals surface area contributed by atoms with Crippen molar-refractivity contribution in [3.8, 4) is 11.8 Å². The quantitative estimate of drug-likeness (QED) is 0.629. The van der Waals surface area contributed by atoms with Gasteiger partial charge in [-0.1, -0.05) is 50.3 Å². The smallest absolute Gasteiger partial charge is 0.0245 e. The highest BCUT2D eigenvalue weighted by molar-refractivity contribution is 5.33. The van der Waals surface area contributed by atoms with E-state index in [0.717, 1.165) is 17.9 Å². The van der Waals surface area contributed by atoms with Crippen molar-refractivity contribution in [2.24, 2.45) is 5.92 Å². The minimum absolute atomic E-state index is 0.806. The monoisotopic (exact) mass is 186 g/mol. The second-order valence-electron chi connectivity index (χ2n) is 3.72. The van der Waals surface area contributed by atoms with Crippen LogP contribution in [0.25, 0.3) is 0 Å². The lowest BCUT2D eigenvalue weighted by molar-refractivity contribution is 0.525. The van der Waals surface area contributed by atoms with Crippen LogP contribution in [0.15, 0.2) is 30.3 Å². The Morgan fingerprint density at radius 2 is 1.93 bits per heavy atom. The molecule has 0 fully saturated rings. The SMILES string of the molecule is CCC(C)CCC#Cc1ccccc1. The van der Waals surface area contributed by atoms with Crippen molar-refractivity contribution >= 4 is 0 Å². The molecule has 0 spiro atoms. The van der Waals surface area contributed by atoms with Gasteiger partial charge in [0.05, 0.1) is 0 Å². The van der Waals surface area contributed by atoms with Gasteiger partial charge in [0.15, 0.2) is 0 Å². The summed E-state index contributed by atoms with van der Waals surface area (Å²) in [7, 11) is 0. The van der Waals surface area contributed by atoms with Crippen LogP contribution in [0.4, 0.5) is 0 Å². The molecule has 0 bridgehead atoms. The highest BCUT2D eigenvalue weighted by atomic mass is 14.0. The van der Waals surface area contributed by atoms with Crippen molar-refractivity contribution in [3.05, 3.63) is 35.9 Å². The summed E-state index contributed by atoms with van der Waals surface area (Å²) in [5.74, 6) is 7.20. The summed E-state index contributed by atoms with van der Waals surface area (Å²) in [6.45, 7) is 4.51. The van der Waals surface area contributed by atoms with Gasteiger partial charge >= 0.3 is 0 Å². The lowest BCUT2D eigenvalue weighted by atomic mass is 10.0. The Kier molecular flexibility index (Phi) is 4.86. The van der Waals surface area contributed by atoms with E-state index in [1.165, 1.54) is 12.8 Å². The Hall–Kier alpha value is -1.22. The van der Waals surface area contributed by atoms with E-state index in [2.05, 4.69) is 37.8 Å². The summed E-state index contributed by atoms with van der Waals surface area (Å²) in [6.07, 6.45) is 3.49. The zero-order valence-corrected chi connectivity index (χ0v) is 9.09. The zero-order valence-electron chi connectivity index (χ0n) is 9.09. The summed E-state index contributed by atoms with van der Waals surface area (Å²) >= 11 is 0. The van der Waals surface area contributed by atoms with Crippen molar-refractivity contribution in [1.82, 2.24) is 0 Å². The van der Waals surface area contributed by atoms with E-state index in [-0.39, 0.29) is 0 Å². The first-order valence-electron chi connectivity index (χ1n) is 5.37. The molecule has 0 nitrogen and oxygen atoms in total. The summed E-state index contributed by atoms with van der Waals surface area (Å²) in [5.41, 5.74) is 1.12. The summed E-state index contributed by atoms with van der Waals surface area (Å²) in [4.78, 5) is 0.